The van der Waals surface area contributed by atoms with E-state index in [1.807, 2.05) is 97.1 Å². The van der Waals surface area contributed by atoms with E-state index >= 15 is 0 Å². The molecule has 4 saturated heterocycles. The molecule has 0 radical (unpaired) electrons. The van der Waals surface area contributed by atoms with Gasteiger partial charge in [0.1, 0.15) is 22.6 Å². The Morgan fingerprint density at radius 1 is 0.343 bits per heavy atom. The lowest BCUT2D eigenvalue weighted by Crippen LogP contribution is -2.42. The zero-order valence-electron chi connectivity index (χ0n) is 80.2. The van der Waals surface area contributed by atoms with E-state index in [0.717, 1.165) is 125 Å². The van der Waals surface area contributed by atoms with Crippen LogP contribution in [0, 0.1) is 29.1 Å². The maximum Gasteiger partial charge on any atom is 0.258 e. The van der Waals surface area contributed by atoms with Crippen LogP contribution in [-0.2, 0) is 0 Å². The predicted molar refractivity (Wildman–Crippen MR) is 538 cm³/mol. The maximum absolute atomic E-state index is 14.1. The number of nitrogens with zero attached hydrogens (tertiary/aromatic N) is 17. The number of anilines is 4. The van der Waals surface area contributed by atoms with Crippen molar-refractivity contribution in [3.63, 3.8) is 0 Å². The zero-order chi connectivity index (χ0) is 99.0. The van der Waals surface area contributed by atoms with Gasteiger partial charge in [-0.2, -0.15) is 0 Å². The molecule has 0 bridgehead atoms. The van der Waals surface area contributed by atoms with E-state index in [1.54, 1.807) is 69.7 Å². The normalized spacial score (nSPS) is 16.4. The summed E-state index contributed by atoms with van der Waals surface area (Å²) in [5, 5.41) is 10.3. The van der Waals surface area contributed by atoms with E-state index in [9.17, 15) is 51.0 Å². The van der Waals surface area contributed by atoms with Crippen molar-refractivity contribution in [1.29, 1.82) is 0 Å². The van der Waals surface area contributed by atoms with Crippen molar-refractivity contribution in [1.82, 2.24) is 61.5 Å². The summed E-state index contributed by atoms with van der Waals surface area (Å²) in [4.78, 5) is 99.2. The number of ether oxygens (including phenoxy) is 5. The molecule has 34 heteroatoms. The molecule has 5 aliphatic heterocycles. The van der Waals surface area contributed by atoms with Crippen LogP contribution >= 0.6 is 0 Å². The number of aromatic nitrogens is 9. The van der Waals surface area contributed by atoms with Crippen LogP contribution in [0.2, 0.25) is 0 Å². The fourth-order valence-electron chi connectivity index (χ4n) is 18.2. The van der Waals surface area contributed by atoms with E-state index in [0.29, 0.717) is 104 Å². The molecule has 0 saturated carbocycles. The van der Waals surface area contributed by atoms with Gasteiger partial charge in [0.25, 0.3) is 27.8 Å². The largest absolute Gasteiger partial charge is 0.494 e. The Hall–Kier alpha value is -14.7. The van der Waals surface area contributed by atoms with Crippen LogP contribution in [-0.4, -0.2) is 247 Å². The van der Waals surface area contributed by atoms with Crippen LogP contribution in [0.3, 0.4) is 0 Å². The molecular formula is C106H113F5N18O11. The fourth-order valence-corrected chi connectivity index (χ4v) is 18.2. The summed E-state index contributed by atoms with van der Waals surface area (Å²) in [5.41, 5.74) is 19.1. The first kappa shape index (κ1) is 98.4. The first-order valence-electron chi connectivity index (χ1n) is 46.2. The highest BCUT2D eigenvalue weighted by Crippen LogP contribution is 2.35. The molecule has 0 aliphatic carbocycles. The van der Waals surface area contributed by atoms with Gasteiger partial charge in [0.2, 0.25) is 0 Å². The third-order valence-electron chi connectivity index (χ3n) is 26.4. The average molecular weight is 1910 g/mol. The van der Waals surface area contributed by atoms with Crippen molar-refractivity contribution in [2.75, 3.05) is 170 Å². The van der Waals surface area contributed by atoms with E-state index in [2.05, 4.69) is 96.7 Å². The molecule has 0 amide bonds. The second kappa shape index (κ2) is 43.2. The number of halogens is 5. The monoisotopic (exact) mass is 1910 g/mol. The third-order valence-corrected chi connectivity index (χ3v) is 26.4. The number of nitrogens with two attached hydrogens (primary N) is 1. The number of likely N-dealkylation sites (N-methyl/N-ethyl adjacent to an activating group) is 3. The topological polar surface area (TPSA) is 277 Å². The van der Waals surface area contributed by atoms with E-state index in [-0.39, 0.29) is 68.6 Å². The highest BCUT2D eigenvalue weighted by Gasteiger charge is 2.34. The molecule has 0 spiro atoms. The summed E-state index contributed by atoms with van der Waals surface area (Å²) in [6, 6.07) is 52.5. The van der Waals surface area contributed by atoms with Crippen molar-refractivity contribution >= 4 is 56.4 Å². The van der Waals surface area contributed by atoms with Gasteiger partial charge >= 0.3 is 0 Å². The quantitative estimate of drug-likeness (QED) is 0.0755. The van der Waals surface area contributed by atoms with Crippen LogP contribution in [0.25, 0.3) is 89.8 Å². The van der Waals surface area contributed by atoms with Gasteiger partial charge in [0, 0.05) is 173 Å². The van der Waals surface area contributed by atoms with Gasteiger partial charge in [-0.15, -0.1) is 0 Å². The molecule has 29 nitrogen and oxygen atoms in total. The van der Waals surface area contributed by atoms with Crippen molar-refractivity contribution in [2.45, 2.75) is 68.8 Å². The van der Waals surface area contributed by atoms with Gasteiger partial charge in [0.05, 0.1) is 93.2 Å². The van der Waals surface area contributed by atoms with Crippen LogP contribution < -0.4 is 76.8 Å². The second-order valence-corrected chi connectivity index (χ2v) is 36.0. The second-order valence-electron chi connectivity index (χ2n) is 36.0. The van der Waals surface area contributed by atoms with Crippen molar-refractivity contribution < 1.29 is 50.7 Å². The van der Waals surface area contributed by atoms with E-state index in [1.165, 1.54) is 133 Å². The Kier molecular flexibility index (Phi) is 30.3. The molecule has 140 heavy (non-hydrogen) atoms. The Bertz CT molecular complexity index is 7450. The molecule has 3 atom stereocenters. The first-order valence-corrected chi connectivity index (χ1v) is 46.2. The van der Waals surface area contributed by atoms with Crippen LogP contribution in [0.4, 0.5) is 44.7 Å². The van der Waals surface area contributed by atoms with Gasteiger partial charge in [-0.25, -0.2) is 41.9 Å². The Morgan fingerprint density at radius 2 is 0.686 bits per heavy atom. The number of pyridine rings is 6. The average Bonchev–Trinajstić information content (AvgIpc) is 1.38. The molecular weight excluding hydrogens is 1800 g/mol. The van der Waals surface area contributed by atoms with E-state index < -0.39 is 35.2 Å². The van der Waals surface area contributed by atoms with Gasteiger partial charge < -0.3 is 73.7 Å². The minimum Gasteiger partial charge on any atom is -0.494 e. The fraction of sp³-hybridized carbons (Fsp3) is 0.311. The summed E-state index contributed by atoms with van der Waals surface area (Å²) in [6.45, 7) is 8.67. The first-order chi connectivity index (χ1) is 67.4. The molecule has 15 aromatic rings. The SMILES string of the molecule is COc1ccc(-c2cc(=O)n3cc(C4=CCN(C)CC4)ccc3n2)cc1F.COc1ccc(-c2cc(=O)n3cc(N4CCC(N(C)C)CC4)ccc3c2)cc1F.COc1ccc(-c2cc(=O)n3cc(N4CCC(N)CC4)ccc3n2)cc1F.COc1ccc(-c2cc(=O)n3cc(N4CC[C@H](N(C)C)C4)ccc3n2)cc1F.COc1ccc(-c2cc(=O)n3cc(N4C[C@@H](O)[C@H](N(C)C)C4)ccc3n2)cc1F. The Morgan fingerprint density at radius 3 is 1.06 bits per heavy atom. The smallest absolute Gasteiger partial charge is 0.258 e. The Balaban J connectivity index is 0.000000126. The van der Waals surface area contributed by atoms with E-state index in [4.69, 9.17) is 29.4 Å². The molecule has 3 N–H and O–H groups in total. The van der Waals surface area contributed by atoms with Crippen molar-refractivity contribution in [3.8, 4) is 84.9 Å². The summed E-state index contributed by atoms with van der Waals surface area (Å²) >= 11 is 0. The van der Waals surface area contributed by atoms with Crippen molar-refractivity contribution in [3.05, 3.63) is 312 Å². The molecule has 15 heterocycles. The number of hydrogen-bond acceptors (Lipinski definition) is 24. The number of hydrogen-bond donors (Lipinski definition) is 2. The molecule has 4 fully saturated rings. The van der Waals surface area contributed by atoms with Crippen LogP contribution in [0.1, 0.15) is 44.1 Å². The van der Waals surface area contributed by atoms with Gasteiger partial charge in [0.15, 0.2) is 57.8 Å². The maximum atomic E-state index is 14.1. The lowest BCUT2D eigenvalue weighted by molar-refractivity contribution is 0.114. The number of methoxy groups -OCH3 is 5. The zero-order valence-corrected chi connectivity index (χ0v) is 80.2. The molecule has 10 aromatic heterocycles. The molecule has 0 unspecified atom stereocenters. The van der Waals surface area contributed by atoms with Gasteiger partial charge in [-0.3, -0.25) is 46.0 Å². The van der Waals surface area contributed by atoms with Crippen molar-refractivity contribution in [2.24, 2.45) is 5.73 Å². The number of β-amino-alcohol motifs (C(OH)–C–C–N with tert-alkyl or cyclic N) is 1. The molecule has 728 valence electrons. The van der Waals surface area contributed by atoms with Crippen LogP contribution in [0.5, 0.6) is 28.7 Å². The number of fused-ring (bicyclic) bond motifs is 5. The lowest BCUT2D eigenvalue weighted by Gasteiger charge is -2.36. The summed E-state index contributed by atoms with van der Waals surface area (Å²) in [5.74, 6) is -1.61. The number of aliphatic hydroxyl groups is 1. The molecule has 20 rings (SSSR count). The van der Waals surface area contributed by atoms with Gasteiger partial charge in [-0.1, -0.05) is 12.1 Å². The summed E-state index contributed by atoms with van der Waals surface area (Å²) < 4.78 is 103. The number of rotatable bonds is 18. The van der Waals surface area contributed by atoms with Crippen LogP contribution in [0.15, 0.2) is 249 Å². The highest BCUT2D eigenvalue weighted by molar-refractivity contribution is 5.73. The molecule has 5 aromatic carbocycles. The summed E-state index contributed by atoms with van der Waals surface area (Å²) in [7, 11) is 21.5. The molecule has 5 aliphatic rings. The highest BCUT2D eigenvalue weighted by atomic mass is 19.1. The Labute approximate surface area is 805 Å². The number of benzene rings is 5. The third kappa shape index (κ3) is 22.2. The number of aliphatic hydroxyl groups excluding tert-OH is 1. The minimum absolute atomic E-state index is 0.0351. The standard InChI is InChI=1S/C23H26FN3O2.C21H23FN4O3.C21H23FN4O2.C21H20FN3O2.C20H21FN4O2/c1-25(2)18-8-10-26(11-9-18)20-6-5-19-12-17(14-23(28)27(19)15-20)16-4-7-22(29-3)21(24)13-16;1-24(2)17-11-25(12-18(17)27)14-5-7-20-23-16(9-21(28)26(20)10-14)13-4-6-19(29-3)15(22)8-13;1-24(2)15-8-9-25(12-15)16-5-7-20-23-18(11-21(27)26(20)13-16)14-4-6-19(28-3)17(22)10-14;1-24-9-7-14(8-10-24)16-4-6-20-23-18(12-21(26)25(20)13-16)15-3-5-19(27-2)17(22)11-15;1-27-18-4-2-13(10-16(18)21)17-11-20(26)25-12-15(3-5-19(25)23-17)24-8-6-14(22)7-9-24/h4-7,12-15,18H,8-11H2,1-3H3;4-10,17-18,27H,11-12H2,1-3H3;4-7,10-11,13,15H,8-9,12H2,1-3H3;3-7,11-13H,8-10H2,1-2H3;2-5,10-12,14H,6-9,22H2,1H3/t;17-,18-;15-;;/m.10../s1. The lowest BCUT2D eigenvalue weighted by atomic mass is 10.0. The summed E-state index contributed by atoms with van der Waals surface area (Å²) in [6.07, 6.45) is 17.0. The number of piperidine rings is 2. The predicted octanol–water partition coefficient (Wildman–Crippen LogP) is 13.6. The minimum atomic E-state index is -0.509. The van der Waals surface area contributed by atoms with Gasteiger partial charge in [-0.05, 0) is 262 Å².